The summed E-state index contributed by atoms with van der Waals surface area (Å²) in [5, 5.41) is 22.8. The molecule has 6 heteroatoms. The summed E-state index contributed by atoms with van der Waals surface area (Å²) in [6.45, 7) is 1.52. The van der Waals surface area contributed by atoms with Crippen molar-refractivity contribution in [2.24, 2.45) is 0 Å². The van der Waals surface area contributed by atoms with E-state index in [9.17, 15) is 14.3 Å². The molecule has 2 N–H and O–H groups in total. The number of aromatic nitrogens is 2. The molecular weight excluding hydrogens is 311 g/mol. The number of aromatic hydroxyl groups is 1. The highest BCUT2D eigenvalue weighted by Crippen LogP contribution is 2.28. The van der Waals surface area contributed by atoms with Gasteiger partial charge in [-0.05, 0) is 54.3 Å². The van der Waals surface area contributed by atoms with Crippen LogP contribution in [0.3, 0.4) is 0 Å². The zero-order chi connectivity index (χ0) is 17.3. The molecule has 0 aliphatic rings. The van der Waals surface area contributed by atoms with Gasteiger partial charge in [0.1, 0.15) is 5.56 Å². The fraction of sp³-hybridized carbons (Fsp3) is 0.111. The summed E-state index contributed by atoms with van der Waals surface area (Å²) in [7, 11) is 0. The normalized spacial score (nSPS) is 10.8. The lowest BCUT2D eigenvalue weighted by atomic mass is 9.97. The van der Waals surface area contributed by atoms with Crippen molar-refractivity contribution >= 4 is 5.97 Å². The zero-order valence-corrected chi connectivity index (χ0v) is 12.9. The first-order valence-electron chi connectivity index (χ1n) is 7.30. The molecule has 3 rings (SSSR count). The lowest BCUT2D eigenvalue weighted by Crippen LogP contribution is -2.04. The van der Waals surface area contributed by atoms with E-state index in [0.29, 0.717) is 12.0 Å². The third-order valence-corrected chi connectivity index (χ3v) is 3.92. The molecule has 1 aromatic heterocycles. The van der Waals surface area contributed by atoms with Crippen LogP contribution in [0.2, 0.25) is 0 Å². The van der Waals surface area contributed by atoms with Crippen molar-refractivity contribution in [2.45, 2.75) is 13.3 Å². The van der Waals surface area contributed by atoms with Crippen molar-refractivity contribution in [3.05, 3.63) is 76.9 Å². The molecular formula is C18H15FN2O3. The largest absolute Gasteiger partial charge is 0.504 e. The summed E-state index contributed by atoms with van der Waals surface area (Å²) in [5.74, 6) is -3.07. The molecule has 0 fully saturated rings. The van der Waals surface area contributed by atoms with Gasteiger partial charge in [-0.25, -0.2) is 13.9 Å². The van der Waals surface area contributed by atoms with E-state index in [2.05, 4.69) is 5.10 Å². The Morgan fingerprint density at radius 2 is 2.00 bits per heavy atom. The highest BCUT2D eigenvalue weighted by molar-refractivity contribution is 5.91. The summed E-state index contributed by atoms with van der Waals surface area (Å²) in [5.41, 5.74) is 2.13. The minimum absolute atomic E-state index is 0.244. The van der Waals surface area contributed by atoms with Gasteiger partial charge in [-0.2, -0.15) is 5.10 Å². The lowest BCUT2D eigenvalue weighted by molar-refractivity contribution is 0.0692. The second-order valence-electron chi connectivity index (χ2n) is 5.47. The highest BCUT2D eigenvalue weighted by atomic mass is 19.1. The first-order valence-corrected chi connectivity index (χ1v) is 7.30. The third-order valence-electron chi connectivity index (χ3n) is 3.92. The molecule has 1 heterocycles. The molecule has 0 aliphatic heterocycles. The Labute approximate surface area is 137 Å². The van der Waals surface area contributed by atoms with Crippen LogP contribution in [0.25, 0.3) is 5.69 Å². The second kappa shape index (κ2) is 6.16. The summed E-state index contributed by atoms with van der Waals surface area (Å²) in [6, 6.07) is 10.7. The van der Waals surface area contributed by atoms with E-state index in [0.717, 1.165) is 11.3 Å². The number of rotatable bonds is 4. The molecule has 0 bridgehead atoms. The van der Waals surface area contributed by atoms with E-state index in [1.165, 1.54) is 13.0 Å². The van der Waals surface area contributed by atoms with Gasteiger partial charge in [0, 0.05) is 12.4 Å². The maximum Gasteiger partial charge on any atom is 0.339 e. The van der Waals surface area contributed by atoms with Crippen LogP contribution in [0.1, 0.15) is 27.0 Å². The van der Waals surface area contributed by atoms with Gasteiger partial charge < -0.3 is 10.2 Å². The number of aromatic carboxylic acids is 1. The molecule has 0 aliphatic carbocycles. The molecule has 3 aromatic rings. The molecule has 0 unspecified atom stereocenters. The van der Waals surface area contributed by atoms with Crippen LogP contribution in [0.15, 0.2) is 48.8 Å². The van der Waals surface area contributed by atoms with Crippen LogP contribution >= 0.6 is 0 Å². The number of benzene rings is 2. The summed E-state index contributed by atoms with van der Waals surface area (Å²) >= 11 is 0. The average Bonchev–Trinajstić information content (AvgIpc) is 3.10. The van der Waals surface area contributed by atoms with E-state index >= 15 is 0 Å². The number of hydrogen-bond acceptors (Lipinski definition) is 3. The molecule has 0 spiro atoms. The monoisotopic (exact) mass is 326 g/mol. The van der Waals surface area contributed by atoms with E-state index in [4.69, 9.17) is 5.11 Å². The number of carboxylic acids is 1. The maximum absolute atomic E-state index is 14.0. The van der Waals surface area contributed by atoms with Crippen LogP contribution in [0.4, 0.5) is 4.39 Å². The smallest absolute Gasteiger partial charge is 0.339 e. The molecule has 5 nitrogen and oxygen atoms in total. The van der Waals surface area contributed by atoms with Crippen LogP contribution in [-0.2, 0) is 6.42 Å². The van der Waals surface area contributed by atoms with E-state index in [-0.39, 0.29) is 5.56 Å². The third kappa shape index (κ3) is 2.86. The average molecular weight is 326 g/mol. The number of phenols is 1. The first-order chi connectivity index (χ1) is 11.5. The number of halogens is 1. The Morgan fingerprint density at radius 3 is 2.58 bits per heavy atom. The predicted molar refractivity (Wildman–Crippen MR) is 86.1 cm³/mol. The van der Waals surface area contributed by atoms with Crippen molar-refractivity contribution in [1.82, 2.24) is 9.78 Å². The van der Waals surface area contributed by atoms with Gasteiger partial charge in [0.2, 0.25) is 0 Å². The van der Waals surface area contributed by atoms with E-state index in [1.54, 1.807) is 10.9 Å². The molecule has 0 radical (unpaired) electrons. The standard InChI is InChI=1S/C18H15FN2O3/c1-11-13(10-15(18(23)24)17(22)16(11)19)9-12-3-5-14(6-4-12)21-8-2-7-20-21/h2-8,10,22H,9H2,1H3,(H,23,24). The number of carboxylic acid groups (broad SMARTS) is 1. The number of hydrogen-bond donors (Lipinski definition) is 2. The number of carbonyl (C=O) groups is 1. The minimum Gasteiger partial charge on any atom is -0.504 e. The molecule has 2 aromatic carbocycles. The fourth-order valence-electron chi connectivity index (χ4n) is 2.54. The van der Waals surface area contributed by atoms with Crippen LogP contribution in [-0.4, -0.2) is 26.0 Å². The zero-order valence-electron chi connectivity index (χ0n) is 12.9. The molecule has 24 heavy (non-hydrogen) atoms. The quantitative estimate of drug-likeness (QED) is 0.771. The van der Waals surface area contributed by atoms with Crippen molar-refractivity contribution in [1.29, 1.82) is 0 Å². The topological polar surface area (TPSA) is 75.4 Å². The van der Waals surface area contributed by atoms with Crippen molar-refractivity contribution in [2.75, 3.05) is 0 Å². The van der Waals surface area contributed by atoms with Gasteiger partial charge in [0.15, 0.2) is 11.6 Å². The molecule has 122 valence electrons. The van der Waals surface area contributed by atoms with Gasteiger partial charge in [0.05, 0.1) is 5.69 Å². The first kappa shape index (κ1) is 15.7. The highest BCUT2D eigenvalue weighted by Gasteiger charge is 2.19. The Bertz CT molecular complexity index is 888. The van der Waals surface area contributed by atoms with Gasteiger partial charge >= 0.3 is 5.97 Å². The molecule has 0 saturated carbocycles. The number of nitrogens with zero attached hydrogens (tertiary/aromatic N) is 2. The molecule has 0 atom stereocenters. The van der Waals surface area contributed by atoms with Gasteiger partial charge in [-0.15, -0.1) is 0 Å². The van der Waals surface area contributed by atoms with Crippen LogP contribution in [0, 0.1) is 12.7 Å². The summed E-state index contributed by atoms with van der Waals surface area (Å²) in [6.07, 6.45) is 3.88. The van der Waals surface area contributed by atoms with Gasteiger partial charge in [-0.3, -0.25) is 0 Å². The second-order valence-corrected chi connectivity index (χ2v) is 5.47. The van der Waals surface area contributed by atoms with Crippen molar-refractivity contribution < 1.29 is 19.4 Å². The van der Waals surface area contributed by atoms with Gasteiger partial charge in [0.25, 0.3) is 0 Å². The van der Waals surface area contributed by atoms with Crippen molar-refractivity contribution in [3.8, 4) is 11.4 Å². The SMILES string of the molecule is Cc1c(Cc2ccc(-n3cccn3)cc2)cc(C(=O)O)c(O)c1F. The maximum atomic E-state index is 14.0. The Kier molecular flexibility index (Phi) is 4.04. The predicted octanol–water partition coefficient (Wildman–Crippen LogP) is 3.31. The molecule has 0 saturated heterocycles. The Hall–Kier alpha value is -3.15. The lowest BCUT2D eigenvalue weighted by Gasteiger charge is -2.11. The molecule has 0 amide bonds. The van der Waals surface area contributed by atoms with Gasteiger partial charge in [-0.1, -0.05) is 12.1 Å². The van der Waals surface area contributed by atoms with E-state index in [1.807, 2.05) is 36.5 Å². The summed E-state index contributed by atoms with van der Waals surface area (Å²) < 4.78 is 15.8. The Morgan fingerprint density at radius 1 is 1.29 bits per heavy atom. The van der Waals surface area contributed by atoms with E-state index < -0.39 is 23.1 Å². The van der Waals surface area contributed by atoms with Crippen LogP contribution in [0.5, 0.6) is 5.75 Å². The fourth-order valence-corrected chi connectivity index (χ4v) is 2.54. The van der Waals surface area contributed by atoms with Crippen molar-refractivity contribution in [3.63, 3.8) is 0 Å². The Balaban J connectivity index is 1.92. The minimum atomic E-state index is -1.36. The summed E-state index contributed by atoms with van der Waals surface area (Å²) in [4.78, 5) is 11.1. The van der Waals surface area contributed by atoms with Crippen LogP contribution < -0.4 is 0 Å².